The first-order valence-electron chi connectivity index (χ1n) is 10.5. The van der Waals surface area contributed by atoms with Gasteiger partial charge in [-0.05, 0) is 38.4 Å². The number of nitrogens with zero attached hydrogens (tertiary/aromatic N) is 4. The third-order valence-electron chi connectivity index (χ3n) is 5.82. The van der Waals surface area contributed by atoms with Gasteiger partial charge in [-0.2, -0.15) is 5.10 Å². The number of piperazine rings is 1. The Balaban J connectivity index is 1.53. The largest absolute Gasteiger partial charge is 0.455 e. The number of amides is 2. The van der Waals surface area contributed by atoms with Gasteiger partial charge in [-0.1, -0.05) is 13.0 Å². The Hall–Kier alpha value is -3.00. The molecule has 1 saturated heterocycles. The molecule has 30 heavy (non-hydrogen) atoms. The summed E-state index contributed by atoms with van der Waals surface area (Å²) in [7, 11) is 0. The highest BCUT2D eigenvalue weighted by atomic mass is 16.4. The molecule has 0 unspecified atom stereocenters. The molecule has 2 amide bonds. The Morgan fingerprint density at radius 3 is 2.70 bits per heavy atom. The summed E-state index contributed by atoms with van der Waals surface area (Å²) in [6.07, 6.45) is 3.92. The van der Waals surface area contributed by atoms with Crippen LogP contribution in [0.2, 0.25) is 0 Å². The quantitative estimate of drug-likeness (QED) is 0.782. The summed E-state index contributed by atoms with van der Waals surface area (Å²) >= 11 is 0. The predicted molar refractivity (Wildman–Crippen MR) is 113 cm³/mol. The third kappa shape index (κ3) is 4.00. The molecule has 3 heterocycles. The van der Waals surface area contributed by atoms with E-state index in [0.717, 1.165) is 61.5 Å². The maximum atomic E-state index is 13.1. The number of aromatic nitrogens is 1. The predicted octanol–water partition coefficient (Wildman–Crippen LogP) is 2.23. The number of carbonyl (C=O) groups is 2. The van der Waals surface area contributed by atoms with Crippen LogP contribution in [0, 0.1) is 6.92 Å². The molecule has 0 atom stereocenters. The first kappa shape index (κ1) is 20.3. The summed E-state index contributed by atoms with van der Waals surface area (Å²) in [6.45, 7) is 8.22. The van der Waals surface area contributed by atoms with Gasteiger partial charge in [0.15, 0.2) is 5.76 Å². The van der Waals surface area contributed by atoms with Gasteiger partial charge in [-0.15, -0.1) is 0 Å². The fourth-order valence-electron chi connectivity index (χ4n) is 4.07. The second-order valence-corrected chi connectivity index (χ2v) is 7.65. The molecule has 4 rings (SSSR count). The summed E-state index contributed by atoms with van der Waals surface area (Å²) in [5, 5.41) is 4.35. The molecule has 8 nitrogen and oxygen atoms in total. The van der Waals surface area contributed by atoms with Gasteiger partial charge in [0.05, 0.1) is 5.71 Å². The molecule has 8 heteroatoms. The lowest BCUT2D eigenvalue weighted by Crippen LogP contribution is -2.48. The molecular weight excluding hydrogens is 382 g/mol. The first-order chi connectivity index (χ1) is 14.6. The van der Waals surface area contributed by atoms with Crippen LogP contribution in [0.4, 0.5) is 0 Å². The normalized spacial score (nSPS) is 18.3. The molecule has 158 valence electrons. The number of nitrogens with one attached hydrogen (secondary N) is 1. The van der Waals surface area contributed by atoms with Gasteiger partial charge in [-0.25, -0.2) is 5.43 Å². The van der Waals surface area contributed by atoms with Gasteiger partial charge >= 0.3 is 0 Å². The lowest BCUT2D eigenvalue weighted by atomic mass is 9.93. The molecule has 0 spiro atoms. The molecule has 0 saturated carbocycles. The molecule has 2 aromatic heterocycles. The van der Waals surface area contributed by atoms with E-state index in [1.165, 1.54) is 0 Å². The monoisotopic (exact) mass is 409 g/mol. The summed E-state index contributed by atoms with van der Waals surface area (Å²) in [5.41, 5.74) is 5.31. The van der Waals surface area contributed by atoms with Crippen LogP contribution in [-0.4, -0.2) is 65.0 Å². The molecule has 2 aromatic rings. The Labute approximate surface area is 175 Å². The van der Waals surface area contributed by atoms with E-state index >= 15 is 0 Å². The first-order valence-corrected chi connectivity index (χ1v) is 10.5. The van der Waals surface area contributed by atoms with E-state index in [1.54, 1.807) is 24.4 Å². The summed E-state index contributed by atoms with van der Waals surface area (Å²) < 4.78 is 6.02. The van der Waals surface area contributed by atoms with Crippen LogP contribution in [0.15, 0.2) is 33.9 Å². The van der Waals surface area contributed by atoms with Crippen molar-refractivity contribution in [3.8, 4) is 0 Å². The number of hydrazone groups is 1. The van der Waals surface area contributed by atoms with Crippen molar-refractivity contribution in [1.29, 1.82) is 0 Å². The third-order valence-corrected chi connectivity index (χ3v) is 5.82. The SMILES string of the molecule is CCN1CCN(C(=O)c2oc3c(c2C)/C(=N/NC(=O)c2ccccn2)CCC3)CC1. The fourth-order valence-corrected chi connectivity index (χ4v) is 4.07. The Morgan fingerprint density at radius 2 is 2.00 bits per heavy atom. The van der Waals surface area contributed by atoms with Crippen LogP contribution in [0.5, 0.6) is 0 Å². The number of likely N-dealkylation sites (N-methyl/N-ethyl adjacent to an activating group) is 1. The number of hydrogen-bond donors (Lipinski definition) is 1. The van der Waals surface area contributed by atoms with Crippen molar-refractivity contribution in [2.45, 2.75) is 33.1 Å². The van der Waals surface area contributed by atoms with Crippen LogP contribution >= 0.6 is 0 Å². The average Bonchev–Trinajstić information content (AvgIpc) is 3.14. The molecular formula is C22H27N5O3. The number of furan rings is 1. The minimum Gasteiger partial charge on any atom is -0.455 e. The van der Waals surface area contributed by atoms with Crippen molar-refractivity contribution in [1.82, 2.24) is 20.2 Å². The van der Waals surface area contributed by atoms with Crippen LogP contribution in [0.1, 0.15) is 57.7 Å². The van der Waals surface area contributed by atoms with Crippen LogP contribution in [0.25, 0.3) is 0 Å². The maximum Gasteiger partial charge on any atom is 0.289 e. The average molecular weight is 409 g/mol. The summed E-state index contributed by atoms with van der Waals surface area (Å²) in [6, 6.07) is 5.15. The van der Waals surface area contributed by atoms with Crippen molar-refractivity contribution in [3.05, 3.63) is 52.7 Å². The Kier molecular flexibility index (Phi) is 5.94. The van der Waals surface area contributed by atoms with E-state index in [1.807, 2.05) is 11.8 Å². The fraction of sp³-hybridized carbons (Fsp3) is 0.455. The number of aryl methyl sites for hydroxylation is 1. The molecule has 1 fully saturated rings. The van der Waals surface area contributed by atoms with Crippen LogP contribution < -0.4 is 5.43 Å². The number of rotatable bonds is 4. The van der Waals surface area contributed by atoms with E-state index in [-0.39, 0.29) is 11.8 Å². The highest BCUT2D eigenvalue weighted by Crippen LogP contribution is 2.30. The summed E-state index contributed by atoms with van der Waals surface area (Å²) in [4.78, 5) is 33.6. The molecule has 0 bridgehead atoms. The van der Waals surface area contributed by atoms with Crippen molar-refractivity contribution in [2.24, 2.45) is 5.10 Å². The second-order valence-electron chi connectivity index (χ2n) is 7.65. The smallest absolute Gasteiger partial charge is 0.289 e. The van der Waals surface area contributed by atoms with Gasteiger partial charge in [-0.3, -0.25) is 14.6 Å². The molecule has 0 aromatic carbocycles. The topological polar surface area (TPSA) is 91.0 Å². The molecule has 1 aliphatic carbocycles. The molecule has 2 aliphatic rings. The van der Waals surface area contributed by atoms with Gasteiger partial charge in [0.25, 0.3) is 11.8 Å². The number of hydrogen-bond acceptors (Lipinski definition) is 6. The zero-order valence-corrected chi connectivity index (χ0v) is 17.5. The van der Waals surface area contributed by atoms with Gasteiger partial charge in [0.2, 0.25) is 0 Å². The number of pyridine rings is 1. The van der Waals surface area contributed by atoms with E-state index < -0.39 is 0 Å². The van der Waals surface area contributed by atoms with Crippen LogP contribution in [-0.2, 0) is 6.42 Å². The highest BCUT2D eigenvalue weighted by molar-refractivity contribution is 6.07. The zero-order chi connectivity index (χ0) is 21.1. The molecule has 1 N–H and O–H groups in total. The van der Waals surface area contributed by atoms with Crippen LogP contribution in [0.3, 0.4) is 0 Å². The molecule has 0 radical (unpaired) electrons. The van der Waals surface area contributed by atoms with Crippen molar-refractivity contribution in [2.75, 3.05) is 32.7 Å². The minimum absolute atomic E-state index is 0.0606. The van der Waals surface area contributed by atoms with E-state index in [0.29, 0.717) is 24.5 Å². The lowest BCUT2D eigenvalue weighted by molar-refractivity contribution is 0.0609. The minimum atomic E-state index is -0.360. The van der Waals surface area contributed by atoms with E-state index in [9.17, 15) is 9.59 Å². The highest BCUT2D eigenvalue weighted by Gasteiger charge is 2.31. The maximum absolute atomic E-state index is 13.1. The summed E-state index contributed by atoms with van der Waals surface area (Å²) in [5.74, 6) is 0.756. The number of carbonyl (C=O) groups excluding carboxylic acids is 2. The Bertz CT molecular complexity index is 959. The van der Waals surface area contributed by atoms with Gasteiger partial charge < -0.3 is 14.2 Å². The number of fused-ring (bicyclic) bond motifs is 1. The van der Waals surface area contributed by atoms with Gasteiger partial charge in [0, 0.05) is 49.9 Å². The van der Waals surface area contributed by atoms with Gasteiger partial charge in [0.1, 0.15) is 11.5 Å². The Morgan fingerprint density at radius 1 is 1.20 bits per heavy atom. The lowest BCUT2D eigenvalue weighted by Gasteiger charge is -2.33. The zero-order valence-electron chi connectivity index (χ0n) is 17.5. The van der Waals surface area contributed by atoms with Crippen molar-refractivity contribution < 1.29 is 14.0 Å². The van der Waals surface area contributed by atoms with Crippen molar-refractivity contribution in [3.63, 3.8) is 0 Å². The molecule has 1 aliphatic heterocycles. The van der Waals surface area contributed by atoms with E-state index in [2.05, 4.69) is 27.3 Å². The van der Waals surface area contributed by atoms with Crippen molar-refractivity contribution >= 4 is 17.5 Å². The van der Waals surface area contributed by atoms with E-state index in [4.69, 9.17) is 4.42 Å². The second kappa shape index (κ2) is 8.79. The standard InChI is InChI=1S/C22H27N5O3/c1-3-26-11-13-27(14-12-26)22(29)20-15(2)19-16(8-6-9-18(19)30-20)24-25-21(28)17-7-4-5-10-23-17/h4-5,7,10H,3,6,8-9,11-14H2,1-2H3,(H,25,28)/b24-16+.